The Morgan fingerprint density at radius 1 is 1.09 bits per heavy atom. The number of rotatable bonds is 5. The zero-order valence-corrected chi connectivity index (χ0v) is 13.9. The van der Waals surface area contributed by atoms with Gasteiger partial charge in [-0.15, -0.1) is 0 Å². The van der Waals surface area contributed by atoms with Crippen LogP contribution in [0.25, 0.3) is 0 Å². The second-order valence-electron chi connectivity index (χ2n) is 6.60. The highest BCUT2D eigenvalue weighted by molar-refractivity contribution is 5.88. The van der Waals surface area contributed by atoms with Gasteiger partial charge in [0.05, 0.1) is 6.54 Å². The zero-order valence-electron chi connectivity index (χ0n) is 13.9. The Labute approximate surface area is 133 Å². The van der Waals surface area contributed by atoms with Crippen LogP contribution in [0, 0.1) is 5.92 Å². The first-order chi connectivity index (χ1) is 10.6. The van der Waals surface area contributed by atoms with Crippen molar-refractivity contribution in [3.8, 4) is 0 Å². The first-order valence-electron chi connectivity index (χ1n) is 8.53. The van der Waals surface area contributed by atoms with Crippen molar-refractivity contribution in [1.82, 2.24) is 20.4 Å². The third kappa shape index (κ3) is 4.68. The van der Waals surface area contributed by atoms with Gasteiger partial charge in [-0.3, -0.25) is 9.59 Å². The number of likely N-dealkylation sites (N-methyl/N-ethyl adjacent to an activating group) is 2. The van der Waals surface area contributed by atoms with E-state index in [0.717, 1.165) is 39.0 Å². The van der Waals surface area contributed by atoms with Gasteiger partial charge in [0.25, 0.3) is 0 Å². The molecule has 1 heterocycles. The largest absolute Gasteiger partial charge is 0.343 e. The van der Waals surface area contributed by atoms with Crippen molar-refractivity contribution in [2.75, 3.05) is 46.8 Å². The molecule has 2 N–H and O–H groups in total. The average Bonchev–Trinajstić information content (AvgIpc) is 2.54. The number of nitrogens with zero attached hydrogens (tertiary/aromatic N) is 2. The van der Waals surface area contributed by atoms with E-state index in [1.54, 1.807) is 7.05 Å². The molecule has 2 amide bonds. The molecule has 1 unspecified atom stereocenters. The van der Waals surface area contributed by atoms with Gasteiger partial charge in [0.15, 0.2) is 0 Å². The summed E-state index contributed by atoms with van der Waals surface area (Å²) >= 11 is 0. The minimum absolute atomic E-state index is 0.0828. The Balaban J connectivity index is 2.01. The van der Waals surface area contributed by atoms with Crippen LogP contribution in [-0.2, 0) is 9.59 Å². The third-order valence-electron chi connectivity index (χ3n) is 4.86. The van der Waals surface area contributed by atoms with Crippen LogP contribution in [0.3, 0.4) is 0 Å². The Hall–Kier alpha value is -1.14. The molecule has 6 nitrogen and oxygen atoms in total. The summed E-state index contributed by atoms with van der Waals surface area (Å²) in [7, 11) is 3.83. The maximum absolute atomic E-state index is 12.9. The molecule has 0 aromatic carbocycles. The van der Waals surface area contributed by atoms with E-state index in [4.69, 9.17) is 0 Å². The highest BCUT2D eigenvalue weighted by Crippen LogP contribution is 2.27. The molecule has 1 saturated heterocycles. The SMILES string of the molecule is CNCC(=O)NC(C(=O)N1CCN(C)CC1)C1CCCCC1. The van der Waals surface area contributed by atoms with E-state index in [2.05, 4.69) is 22.6 Å². The summed E-state index contributed by atoms with van der Waals surface area (Å²) in [6.07, 6.45) is 5.67. The Morgan fingerprint density at radius 3 is 2.32 bits per heavy atom. The zero-order chi connectivity index (χ0) is 15.9. The van der Waals surface area contributed by atoms with Crippen molar-refractivity contribution >= 4 is 11.8 Å². The molecule has 2 fully saturated rings. The fraction of sp³-hybridized carbons (Fsp3) is 0.875. The van der Waals surface area contributed by atoms with Crippen LogP contribution in [0.4, 0.5) is 0 Å². The van der Waals surface area contributed by atoms with Gasteiger partial charge in [-0.25, -0.2) is 0 Å². The van der Waals surface area contributed by atoms with Crippen molar-refractivity contribution in [2.45, 2.75) is 38.1 Å². The Bertz CT molecular complexity index is 374. The molecule has 1 aliphatic heterocycles. The lowest BCUT2D eigenvalue weighted by Crippen LogP contribution is -2.57. The van der Waals surface area contributed by atoms with Crippen molar-refractivity contribution in [1.29, 1.82) is 0 Å². The van der Waals surface area contributed by atoms with Crippen molar-refractivity contribution in [2.24, 2.45) is 5.92 Å². The number of hydrogen-bond donors (Lipinski definition) is 2. The second-order valence-corrected chi connectivity index (χ2v) is 6.60. The fourth-order valence-electron chi connectivity index (χ4n) is 3.46. The standard InChI is InChI=1S/C16H30N4O2/c1-17-12-14(21)18-15(13-6-4-3-5-7-13)16(22)20-10-8-19(2)9-11-20/h13,15,17H,3-12H2,1-2H3,(H,18,21). The van der Waals surface area contributed by atoms with Crippen molar-refractivity contribution in [3.05, 3.63) is 0 Å². The summed E-state index contributed by atoms with van der Waals surface area (Å²) in [4.78, 5) is 29.1. The second kappa shape index (κ2) is 8.48. The van der Waals surface area contributed by atoms with Crippen LogP contribution in [0.1, 0.15) is 32.1 Å². The molecule has 0 bridgehead atoms. The fourth-order valence-corrected chi connectivity index (χ4v) is 3.46. The maximum Gasteiger partial charge on any atom is 0.245 e. The summed E-state index contributed by atoms with van der Waals surface area (Å²) in [5.41, 5.74) is 0. The Morgan fingerprint density at radius 2 is 1.73 bits per heavy atom. The first kappa shape index (κ1) is 17.2. The molecular weight excluding hydrogens is 280 g/mol. The molecule has 0 radical (unpaired) electrons. The van der Waals surface area contributed by atoms with Gasteiger partial charge in [-0.05, 0) is 32.9 Å². The molecule has 1 saturated carbocycles. The van der Waals surface area contributed by atoms with Crippen LogP contribution in [0.15, 0.2) is 0 Å². The predicted molar refractivity (Wildman–Crippen MR) is 86.5 cm³/mol. The molecule has 6 heteroatoms. The topological polar surface area (TPSA) is 64.7 Å². The monoisotopic (exact) mass is 310 g/mol. The van der Waals surface area contributed by atoms with E-state index < -0.39 is 0 Å². The van der Waals surface area contributed by atoms with Crippen LogP contribution >= 0.6 is 0 Å². The molecule has 0 aromatic heterocycles. The van der Waals surface area contributed by atoms with E-state index >= 15 is 0 Å². The van der Waals surface area contributed by atoms with E-state index in [1.165, 1.54) is 19.3 Å². The molecule has 22 heavy (non-hydrogen) atoms. The normalized spacial score (nSPS) is 22.4. The van der Waals surface area contributed by atoms with Gasteiger partial charge in [0.1, 0.15) is 6.04 Å². The lowest BCUT2D eigenvalue weighted by atomic mass is 9.83. The maximum atomic E-state index is 12.9. The van der Waals surface area contributed by atoms with Crippen LogP contribution in [0.5, 0.6) is 0 Å². The molecule has 2 rings (SSSR count). The molecular formula is C16H30N4O2. The summed E-state index contributed by atoms with van der Waals surface area (Å²) < 4.78 is 0. The van der Waals surface area contributed by atoms with E-state index in [-0.39, 0.29) is 24.4 Å². The predicted octanol–water partition coefficient (Wildman–Crippen LogP) is 0.0449. The smallest absolute Gasteiger partial charge is 0.245 e. The summed E-state index contributed by atoms with van der Waals surface area (Å²) in [6, 6.07) is -0.343. The van der Waals surface area contributed by atoms with E-state index in [9.17, 15) is 9.59 Å². The molecule has 0 aromatic rings. The van der Waals surface area contributed by atoms with Gasteiger partial charge < -0.3 is 20.4 Å². The number of carbonyl (C=O) groups is 2. The van der Waals surface area contributed by atoms with Gasteiger partial charge in [0, 0.05) is 26.2 Å². The average molecular weight is 310 g/mol. The lowest BCUT2D eigenvalue weighted by Gasteiger charge is -2.37. The van der Waals surface area contributed by atoms with Crippen molar-refractivity contribution < 1.29 is 9.59 Å². The van der Waals surface area contributed by atoms with Crippen LogP contribution in [0.2, 0.25) is 0 Å². The third-order valence-corrected chi connectivity index (χ3v) is 4.86. The number of piperazine rings is 1. The van der Waals surface area contributed by atoms with Gasteiger partial charge in [0.2, 0.25) is 11.8 Å². The molecule has 126 valence electrons. The van der Waals surface area contributed by atoms with Crippen LogP contribution in [-0.4, -0.2) is 74.5 Å². The quantitative estimate of drug-likeness (QED) is 0.753. The van der Waals surface area contributed by atoms with Gasteiger partial charge >= 0.3 is 0 Å². The lowest BCUT2D eigenvalue weighted by molar-refractivity contribution is -0.139. The highest BCUT2D eigenvalue weighted by Gasteiger charge is 2.34. The molecule has 1 aliphatic carbocycles. The molecule has 1 atom stereocenters. The number of amides is 2. The molecule has 0 spiro atoms. The minimum Gasteiger partial charge on any atom is -0.343 e. The van der Waals surface area contributed by atoms with Gasteiger partial charge in [-0.2, -0.15) is 0 Å². The minimum atomic E-state index is -0.343. The number of nitrogens with one attached hydrogen (secondary N) is 2. The first-order valence-corrected chi connectivity index (χ1v) is 8.53. The van der Waals surface area contributed by atoms with Gasteiger partial charge in [-0.1, -0.05) is 19.3 Å². The summed E-state index contributed by atoms with van der Waals surface area (Å²) in [6.45, 7) is 3.61. The summed E-state index contributed by atoms with van der Waals surface area (Å²) in [5, 5.41) is 5.85. The highest BCUT2D eigenvalue weighted by atomic mass is 16.2. The van der Waals surface area contributed by atoms with E-state index in [0.29, 0.717) is 5.92 Å². The summed E-state index contributed by atoms with van der Waals surface area (Å²) in [5.74, 6) is 0.326. The van der Waals surface area contributed by atoms with Crippen LogP contribution < -0.4 is 10.6 Å². The van der Waals surface area contributed by atoms with Crippen molar-refractivity contribution in [3.63, 3.8) is 0 Å². The number of hydrogen-bond acceptors (Lipinski definition) is 4. The Kier molecular flexibility index (Phi) is 6.64. The van der Waals surface area contributed by atoms with E-state index in [1.807, 2.05) is 4.90 Å². The molecule has 2 aliphatic rings. The number of carbonyl (C=O) groups excluding carboxylic acids is 2.